The lowest BCUT2D eigenvalue weighted by Gasteiger charge is -2.37. The smallest absolute Gasteiger partial charge is 0.112 e. The molecule has 1 heterocycles. The molecule has 2 rings (SSSR count). The molecule has 3 N–H and O–H groups in total. The first-order valence-corrected chi connectivity index (χ1v) is 6.71. The molecule has 0 saturated carbocycles. The first-order valence-electron chi connectivity index (χ1n) is 5.92. The summed E-state index contributed by atoms with van der Waals surface area (Å²) in [5.41, 5.74) is 1.79. The fraction of sp³-hybridized carbons (Fsp3) is 0.538. The van der Waals surface area contributed by atoms with Gasteiger partial charge in [0, 0.05) is 10.9 Å². The molecule has 1 aromatic rings. The van der Waals surface area contributed by atoms with Crippen molar-refractivity contribution < 1.29 is 20.1 Å². The topological polar surface area (TPSA) is 69.9 Å². The van der Waals surface area contributed by atoms with E-state index in [0.717, 1.165) is 15.6 Å². The highest BCUT2D eigenvalue weighted by atomic mass is 79.9. The number of ether oxygens (including phenoxy) is 1. The summed E-state index contributed by atoms with van der Waals surface area (Å²) in [6.45, 7) is 1.76. The summed E-state index contributed by atoms with van der Waals surface area (Å²) >= 11 is 3.43. The number of hydrogen-bond acceptors (Lipinski definition) is 4. The molecule has 1 aliphatic rings. The Labute approximate surface area is 114 Å². The van der Waals surface area contributed by atoms with E-state index in [9.17, 15) is 10.2 Å². The van der Waals surface area contributed by atoms with Gasteiger partial charge < -0.3 is 20.1 Å². The van der Waals surface area contributed by atoms with Crippen LogP contribution in [0, 0.1) is 6.92 Å². The summed E-state index contributed by atoms with van der Waals surface area (Å²) in [7, 11) is 0. The number of hydrogen-bond donors (Lipinski definition) is 3. The maximum absolute atomic E-state index is 10.0. The van der Waals surface area contributed by atoms with E-state index in [2.05, 4.69) is 15.9 Å². The van der Waals surface area contributed by atoms with Crippen LogP contribution < -0.4 is 0 Å². The van der Waals surface area contributed by atoms with Crippen molar-refractivity contribution in [3.63, 3.8) is 0 Å². The van der Waals surface area contributed by atoms with Gasteiger partial charge in [-0.3, -0.25) is 0 Å². The third-order valence-corrected chi connectivity index (χ3v) is 4.23. The molecule has 100 valence electrons. The Morgan fingerprint density at radius 2 is 2.11 bits per heavy atom. The highest BCUT2D eigenvalue weighted by Crippen LogP contribution is 2.35. The van der Waals surface area contributed by atoms with E-state index >= 15 is 0 Å². The van der Waals surface area contributed by atoms with Crippen molar-refractivity contribution in [1.29, 1.82) is 0 Å². The van der Waals surface area contributed by atoms with E-state index in [4.69, 9.17) is 9.84 Å². The van der Waals surface area contributed by atoms with Crippen molar-refractivity contribution in [3.8, 4) is 0 Å². The Morgan fingerprint density at radius 3 is 2.78 bits per heavy atom. The summed E-state index contributed by atoms with van der Waals surface area (Å²) in [4.78, 5) is 0. The van der Waals surface area contributed by atoms with Crippen LogP contribution in [0.3, 0.4) is 0 Å². The average molecular weight is 317 g/mol. The first-order chi connectivity index (χ1) is 8.54. The van der Waals surface area contributed by atoms with Crippen LogP contribution in [-0.2, 0) is 4.74 Å². The number of aliphatic hydroxyl groups excluding tert-OH is 3. The first kappa shape index (κ1) is 14.0. The van der Waals surface area contributed by atoms with Crippen molar-refractivity contribution >= 4 is 15.9 Å². The van der Waals surface area contributed by atoms with Crippen LogP contribution in [0.15, 0.2) is 22.7 Å². The van der Waals surface area contributed by atoms with Gasteiger partial charge in [-0.25, -0.2) is 0 Å². The van der Waals surface area contributed by atoms with Gasteiger partial charge in [0.15, 0.2) is 0 Å². The molecule has 1 fully saturated rings. The Balaban J connectivity index is 2.32. The summed E-state index contributed by atoms with van der Waals surface area (Å²) in [6, 6.07) is 5.63. The van der Waals surface area contributed by atoms with Gasteiger partial charge >= 0.3 is 0 Å². The highest BCUT2D eigenvalue weighted by molar-refractivity contribution is 9.10. The predicted octanol–water partition coefficient (Wildman–Crippen LogP) is 1.30. The molecule has 18 heavy (non-hydrogen) atoms. The minimum absolute atomic E-state index is 0.159. The van der Waals surface area contributed by atoms with Crippen LogP contribution in [0.1, 0.15) is 23.7 Å². The summed E-state index contributed by atoms with van der Waals surface area (Å²) < 4.78 is 6.59. The maximum atomic E-state index is 10.0. The number of halogens is 1. The van der Waals surface area contributed by atoms with E-state index in [1.54, 1.807) is 0 Å². The van der Waals surface area contributed by atoms with Crippen LogP contribution in [0.2, 0.25) is 0 Å². The standard InChI is InChI=1S/C13H17BrO4/c1-7-9(3-2-4-10(7)14)13-12(17)11(16)5-8(6-15)18-13/h2-4,8,11-13,15-17H,5-6H2,1H3. The molecule has 0 amide bonds. The molecule has 4 nitrogen and oxygen atoms in total. The largest absolute Gasteiger partial charge is 0.394 e. The summed E-state index contributed by atoms with van der Waals surface area (Å²) in [6.07, 6.45) is -2.64. The average Bonchev–Trinajstić information content (AvgIpc) is 2.36. The molecule has 1 aliphatic heterocycles. The van der Waals surface area contributed by atoms with Crippen molar-refractivity contribution in [2.24, 2.45) is 0 Å². The minimum Gasteiger partial charge on any atom is -0.394 e. The lowest BCUT2D eigenvalue weighted by atomic mass is 9.91. The van der Waals surface area contributed by atoms with E-state index in [0.29, 0.717) is 0 Å². The zero-order chi connectivity index (χ0) is 13.3. The lowest BCUT2D eigenvalue weighted by Crippen LogP contribution is -2.44. The molecular formula is C13H17BrO4. The number of benzene rings is 1. The van der Waals surface area contributed by atoms with Gasteiger partial charge in [0.25, 0.3) is 0 Å². The van der Waals surface area contributed by atoms with E-state index in [-0.39, 0.29) is 13.0 Å². The number of rotatable bonds is 2. The van der Waals surface area contributed by atoms with Gasteiger partial charge in [-0.1, -0.05) is 28.1 Å². The molecule has 0 radical (unpaired) electrons. The van der Waals surface area contributed by atoms with Crippen LogP contribution >= 0.6 is 15.9 Å². The van der Waals surface area contributed by atoms with Gasteiger partial charge in [-0.15, -0.1) is 0 Å². The van der Waals surface area contributed by atoms with Crippen molar-refractivity contribution in [1.82, 2.24) is 0 Å². The normalized spacial score (nSPS) is 32.5. The molecule has 0 aromatic heterocycles. The van der Waals surface area contributed by atoms with Gasteiger partial charge in [0.1, 0.15) is 12.2 Å². The van der Waals surface area contributed by atoms with Crippen LogP contribution in [0.25, 0.3) is 0 Å². The summed E-state index contributed by atoms with van der Waals surface area (Å²) in [5, 5.41) is 29.0. The van der Waals surface area contributed by atoms with Crippen LogP contribution in [-0.4, -0.2) is 40.2 Å². The second-order valence-corrected chi connectivity index (χ2v) is 5.46. The van der Waals surface area contributed by atoms with Crippen molar-refractivity contribution in [2.45, 2.75) is 37.8 Å². The second kappa shape index (κ2) is 5.67. The Morgan fingerprint density at radius 1 is 1.39 bits per heavy atom. The molecule has 1 aromatic carbocycles. The van der Waals surface area contributed by atoms with Gasteiger partial charge in [0.2, 0.25) is 0 Å². The van der Waals surface area contributed by atoms with Gasteiger partial charge in [-0.05, 0) is 24.1 Å². The second-order valence-electron chi connectivity index (χ2n) is 4.61. The number of aliphatic hydroxyl groups is 3. The third kappa shape index (κ3) is 2.60. The molecule has 5 heteroatoms. The van der Waals surface area contributed by atoms with E-state index in [1.165, 1.54) is 0 Å². The quantitative estimate of drug-likeness (QED) is 0.769. The molecule has 4 unspecified atom stereocenters. The zero-order valence-electron chi connectivity index (χ0n) is 10.1. The molecule has 1 saturated heterocycles. The molecule has 0 bridgehead atoms. The Kier molecular flexibility index (Phi) is 4.40. The SMILES string of the molecule is Cc1c(Br)cccc1C1OC(CO)CC(O)C1O. The Hall–Kier alpha value is -0.460. The van der Waals surface area contributed by atoms with E-state index in [1.807, 2.05) is 25.1 Å². The van der Waals surface area contributed by atoms with Gasteiger partial charge in [-0.2, -0.15) is 0 Å². The molecule has 0 aliphatic carbocycles. The lowest BCUT2D eigenvalue weighted by molar-refractivity contribution is -0.179. The molecular weight excluding hydrogens is 300 g/mol. The highest BCUT2D eigenvalue weighted by Gasteiger charge is 2.38. The minimum atomic E-state index is -0.971. The fourth-order valence-corrected chi connectivity index (χ4v) is 2.64. The Bertz CT molecular complexity index is 423. The van der Waals surface area contributed by atoms with Crippen molar-refractivity contribution in [3.05, 3.63) is 33.8 Å². The van der Waals surface area contributed by atoms with Crippen LogP contribution in [0.4, 0.5) is 0 Å². The maximum Gasteiger partial charge on any atom is 0.112 e. The molecule has 4 atom stereocenters. The monoisotopic (exact) mass is 316 g/mol. The van der Waals surface area contributed by atoms with Gasteiger partial charge in [0.05, 0.1) is 18.8 Å². The predicted molar refractivity (Wildman–Crippen MR) is 70.2 cm³/mol. The zero-order valence-corrected chi connectivity index (χ0v) is 11.7. The van der Waals surface area contributed by atoms with E-state index < -0.39 is 24.4 Å². The fourth-order valence-electron chi connectivity index (χ4n) is 2.26. The van der Waals surface area contributed by atoms with Crippen LogP contribution in [0.5, 0.6) is 0 Å². The third-order valence-electron chi connectivity index (χ3n) is 3.37. The summed E-state index contributed by atoms with van der Waals surface area (Å²) in [5.74, 6) is 0. The van der Waals surface area contributed by atoms with Crippen molar-refractivity contribution in [2.75, 3.05) is 6.61 Å². The molecule has 0 spiro atoms.